The number of nitrogens with zero attached hydrogens (tertiary/aromatic N) is 4. The van der Waals surface area contributed by atoms with Crippen LogP contribution >= 0.6 is 11.8 Å². The van der Waals surface area contributed by atoms with E-state index in [4.69, 9.17) is 11.0 Å². The van der Waals surface area contributed by atoms with E-state index in [0.29, 0.717) is 34.1 Å². The molecule has 2 aliphatic rings. The molecule has 0 amide bonds. The van der Waals surface area contributed by atoms with Gasteiger partial charge in [-0.1, -0.05) is 11.8 Å². The minimum atomic E-state index is -1.70. The summed E-state index contributed by atoms with van der Waals surface area (Å²) in [6.07, 6.45) is 3.46. The largest absolute Gasteiger partial charge is 0.395 e. The van der Waals surface area contributed by atoms with Crippen LogP contribution in [0.5, 0.6) is 0 Å². The number of fused-ring (bicyclic) bond motifs is 2. The Bertz CT molecular complexity index is 1360. The molecule has 33 heavy (non-hydrogen) atoms. The van der Waals surface area contributed by atoms with Crippen LogP contribution in [0.3, 0.4) is 0 Å². The van der Waals surface area contributed by atoms with Crippen LogP contribution in [0.2, 0.25) is 0 Å². The SMILES string of the molecule is N#Cc1cnc2c(Cc3cc(F)c(F)c([C@@]4(CF)N=C(N)S[C@@]5(CO)C[C@H]54)c3)nccc2c1. The van der Waals surface area contributed by atoms with E-state index >= 15 is 4.39 Å². The van der Waals surface area contributed by atoms with Gasteiger partial charge in [-0.25, -0.2) is 18.2 Å². The number of benzene rings is 1. The van der Waals surface area contributed by atoms with E-state index < -0.39 is 34.5 Å². The van der Waals surface area contributed by atoms with Gasteiger partial charge >= 0.3 is 0 Å². The van der Waals surface area contributed by atoms with Crippen molar-refractivity contribution in [3.8, 4) is 6.07 Å². The summed E-state index contributed by atoms with van der Waals surface area (Å²) in [4.78, 5) is 12.9. The van der Waals surface area contributed by atoms with E-state index in [2.05, 4.69) is 15.0 Å². The Morgan fingerprint density at radius 3 is 2.82 bits per heavy atom. The van der Waals surface area contributed by atoms with Gasteiger partial charge in [-0.15, -0.1) is 0 Å². The van der Waals surface area contributed by atoms with E-state index in [-0.39, 0.29) is 23.8 Å². The predicted molar refractivity (Wildman–Crippen MR) is 118 cm³/mol. The molecule has 0 radical (unpaired) electrons. The van der Waals surface area contributed by atoms with E-state index in [1.54, 1.807) is 18.3 Å². The second-order valence-electron chi connectivity index (χ2n) is 8.37. The van der Waals surface area contributed by atoms with Crippen LogP contribution in [0, 0.1) is 28.9 Å². The van der Waals surface area contributed by atoms with Gasteiger partial charge in [-0.2, -0.15) is 5.26 Å². The molecule has 0 spiro atoms. The predicted octanol–water partition coefficient (Wildman–Crippen LogP) is 3.35. The van der Waals surface area contributed by atoms with E-state index in [0.717, 1.165) is 17.8 Å². The van der Waals surface area contributed by atoms with Gasteiger partial charge in [0, 0.05) is 35.7 Å². The van der Waals surface area contributed by atoms with Gasteiger partial charge in [0.2, 0.25) is 0 Å². The minimum Gasteiger partial charge on any atom is -0.395 e. The molecule has 1 saturated carbocycles. The molecule has 3 N–H and O–H groups in total. The molecule has 0 saturated heterocycles. The average molecular weight is 469 g/mol. The third kappa shape index (κ3) is 3.34. The lowest BCUT2D eigenvalue weighted by molar-refractivity contribution is 0.229. The standard InChI is InChI=1S/C23H18F3N5OS/c24-10-23(18-7-22(18,11-32)33-21(28)31-23)15-4-12(5-16(25)19(15)26)6-17-20-14(1-2-29-17)3-13(8-27)9-30-20/h1-5,9,18,32H,6-7,10-11H2,(H2,28,31)/t18-,22-,23-/m1/s1. The molecule has 6 nitrogen and oxygen atoms in total. The van der Waals surface area contributed by atoms with Crippen molar-refractivity contribution in [1.82, 2.24) is 9.97 Å². The summed E-state index contributed by atoms with van der Waals surface area (Å²) in [5.41, 5.74) is 5.78. The van der Waals surface area contributed by atoms with Crippen LogP contribution < -0.4 is 5.73 Å². The first-order valence-electron chi connectivity index (χ1n) is 10.2. The Hall–Kier alpha value is -3.16. The number of rotatable bonds is 5. The summed E-state index contributed by atoms with van der Waals surface area (Å²) in [6, 6.07) is 7.85. The van der Waals surface area contributed by atoms with Crippen molar-refractivity contribution in [1.29, 1.82) is 5.26 Å². The number of aliphatic imine (C=N–C) groups is 1. The molecular formula is C23H18F3N5OS. The Balaban J connectivity index is 1.61. The molecule has 1 aliphatic carbocycles. The van der Waals surface area contributed by atoms with Crippen molar-refractivity contribution < 1.29 is 18.3 Å². The van der Waals surface area contributed by atoms with E-state index in [9.17, 15) is 13.9 Å². The van der Waals surface area contributed by atoms with Gasteiger partial charge in [0.15, 0.2) is 16.8 Å². The minimum absolute atomic E-state index is 0.0360. The first kappa shape index (κ1) is 21.7. The van der Waals surface area contributed by atoms with Crippen LogP contribution in [0.4, 0.5) is 13.2 Å². The van der Waals surface area contributed by atoms with Gasteiger partial charge in [0.1, 0.15) is 18.3 Å². The van der Waals surface area contributed by atoms with Crippen LogP contribution in [0.15, 0.2) is 41.7 Å². The highest BCUT2D eigenvalue weighted by Gasteiger charge is 2.68. The summed E-state index contributed by atoms with van der Waals surface area (Å²) in [5, 5.41) is 19.7. The number of aromatic nitrogens is 2. The number of aliphatic hydroxyl groups excluding tert-OH is 1. The molecule has 168 valence electrons. The number of hydrogen-bond acceptors (Lipinski definition) is 7. The molecule has 1 aromatic carbocycles. The van der Waals surface area contributed by atoms with Gasteiger partial charge in [0.25, 0.3) is 0 Å². The van der Waals surface area contributed by atoms with Crippen LogP contribution in [-0.4, -0.2) is 38.3 Å². The maximum absolute atomic E-state index is 15.0. The Kier molecular flexibility index (Phi) is 5.06. The summed E-state index contributed by atoms with van der Waals surface area (Å²) < 4.78 is 43.6. The summed E-state index contributed by atoms with van der Waals surface area (Å²) in [7, 11) is 0. The zero-order valence-electron chi connectivity index (χ0n) is 17.2. The molecule has 1 fully saturated rings. The second-order valence-corrected chi connectivity index (χ2v) is 9.81. The summed E-state index contributed by atoms with van der Waals surface area (Å²) in [6.45, 7) is -1.34. The number of nitriles is 1. The zero-order chi connectivity index (χ0) is 23.4. The lowest BCUT2D eigenvalue weighted by Gasteiger charge is -2.34. The fraction of sp³-hybridized carbons (Fsp3) is 0.304. The monoisotopic (exact) mass is 469 g/mol. The fourth-order valence-corrected chi connectivity index (χ4v) is 6.00. The summed E-state index contributed by atoms with van der Waals surface area (Å²) in [5.74, 6) is -2.82. The van der Waals surface area contributed by atoms with Crippen LogP contribution in [0.25, 0.3) is 10.9 Å². The molecule has 10 heteroatoms. The van der Waals surface area contributed by atoms with Gasteiger partial charge in [-0.05, 0) is 36.2 Å². The quantitative estimate of drug-likeness (QED) is 0.593. The van der Waals surface area contributed by atoms with Gasteiger partial charge < -0.3 is 10.8 Å². The fourth-order valence-electron chi connectivity index (χ4n) is 4.72. The van der Waals surface area contributed by atoms with Crippen LogP contribution in [-0.2, 0) is 12.0 Å². The van der Waals surface area contributed by atoms with Crippen molar-refractivity contribution >= 4 is 27.8 Å². The molecule has 2 aromatic heterocycles. The number of amidine groups is 1. The number of aliphatic hydroxyl groups is 1. The highest BCUT2D eigenvalue weighted by molar-refractivity contribution is 8.15. The second kappa shape index (κ2) is 7.71. The lowest BCUT2D eigenvalue weighted by Crippen LogP contribution is -2.41. The van der Waals surface area contributed by atoms with E-state index in [1.807, 2.05) is 6.07 Å². The average Bonchev–Trinajstić information content (AvgIpc) is 3.56. The third-order valence-electron chi connectivity index (χ3n) is 6.42. The van der Waals surface area contributed by atoms with Crippen molar-refractivity contribution in [2.24, 2.45) is 16.6 Å². The number of nitrogens with two attached hydrogens (primary N) is 1. The van der Waals surface area contributed by atoms with Crippen molar-refractivity contribution in [3.63, 3.8) is 0 Å². The third-order valence-corrected chi connectivity index (χ3v) is 7.71. The first-order valence-corrected chi connectivity index (χ1v) is 11.0. The van der Waals surface area contributed by atoms with Crippen LogP contribution in [0.1, 0.15) is 28.8 Å². The Morgan fingerprint density at radius 2 is 2.09 bits per heavy atom. The normalized spacial score (nSPS) is 25.9. The molecule has 3 aromatic rings. The lowest BCUT2D eigenvalue weighted by atomic mass is 9.83. The number of thioether (sulfide) groups is 1. The van der Waals surface area contributed by atoms with Gasteiger partial charge in [-0.3, -0.25) is 9.97 Å². The smallest absolute Gasteiger partial charge is 0.164 e. The van der Waals surface area contributed by atoms with Gasteiger partial charge in [0.05, 0.1) is 28.1 Å². The molecule has 3 heterocycles. The molecule has 5 rings (SSSR count). The Morgan fingerprint density at radius 1 is 1.27 bits per heavy atom. The zero-order valence-corrected chi connectivity index (χ0v) is 18.0. The number of alkyl halides is 1. The molecule has 0 unspecified atom stereocenters. The molecular weight excluding hydrogens is 451 g/mol. The number of hydrogen-bond donors (Lipinski definition) is 2. The maximum Gasteiger partial charge on any atom is 0.164 e. The molecule has 3 atom stereocenters. The maximum atomic E-state index is 15.0. The number of pyridine rings is 2. The highest BCUT2D eigenvalue weighted by Crippen LogP contribution is 2.65. The van der Waals surface area contributed by atoms with Crippen molar-refractivity contribution in [2.75, 3.05) is 13.3 Å². The van der Waals surface area contributed by atoms with E-state index in [1.165, 1.54) is 12.3 Å². The summed E-state index contributed by atoms with van der Waals surface area (Å²) >= 11 is 1.15. The first-order chi connectivity index (χ1) is 15.9. The Labute approximate surface area is 191 Å². The topological polar surface area (TPSA) is 108 Å². The van der Waals surface area contributed by atoms with Crippen molar-refractivity contribution in [3.05, 3.63) is 70.7 Å². The van der Waals surface area contributed by atoms with Crippen molar-refractivity contribution in [2.45, 2.75) is 23.1 Å². The molecule has 1 aliphatic heterocycles. The highest BCUT2D eigenvalue weighted by atomic mass is 32.2. The molecule has 0 bridgehead atoms. The number of halogens is 3.